The third-order valence-corrected chi connectivity index (χ3v) is 6.20. The molecule has 37 heavy (non-hydrogen) atoms. The summed E-state index contributed by atoms with van der Waals surface area (Å²) < 4.78 is 6.75. The number of hydrogen-bond acceptors (Lipinski definition) is 3. The predicted octanol–water partition coefficient (Wildman–Crippen LogP) is 6.37. The van der Waals surface area contributed by atoms with Crippen molar-refractivity contribution in [2.75, 3.05) is 13.2 Å². The molecule has 188 valence electrons. The molecule has 1 aromatic heterocycles. The zero-order valence-electron chi connectivity index (χ0n) is 20.4. The maximum Gasteiger partial charge on any atom is 0.329 e. The molecule has 0 saturated heterocycles. The number of halogens is 1. The van der Waals surface area contributed by atoms with E-state index in [2.05, 4.69) is 39.6 Å². The highest BCUT2D eigenvalue weighted by Gasteiger charge is 2.17. The molecule has 5 rings (SSSR count). The molecule has 4 aromatic carbocycles. The first-order valence-corrected chi connectivity index (χ1v) is 12.2. The number of aliphatic carboxylic acids is 1. The Morgan fingerprint density at radius 2 is 1.59 bits per heavy atom. The number of rotatable bonds is 7. The molecule has 0 radical (unpaired) electrons. The molecule has 0 fully saturated rings. The molecule has 0 atom stereocenters. The van der Waals surface area contributed by atoms with Crippen LogP contribution < -0.4 is 5.73 Å². The Kier molecular flexibility index (Phi) is 8.23. The molecule has 0 aliphatic heterocycles. The molecular formula is C30H27ClN2O4. The van der Waals surface area contributed by atoms with E-state index in [0.29, 0.717) is 23.7 Å². The molecule has 5 aromatic rings. The Balaban J connectivity index is 0.000000405. The van der Waals surface area contributed by atoms with E-state index < -0.39 is 11.9 Å². The van der Waals surface area contributed by atoms with Crippen LogP contribution in [0, 0.1) is 0 Å². The van der Waals surface area contributed by atoms with Crippen LogP contribution in [0.5, 0.6) is 0 Å². The Bertz CT molecular complexity index is 1540. The predicted molar refractivity (Wildman–Crippen MR) is 148 cm³/mol. The normalized spacial score (nSPS) is 10.8. The molecule has 0 aliphatic carbocycles. The van der Waals surface area contributed by atoms with Crippen LogP contribution >= 0.6 is 11.6 Å². The topological polar surface area (TPSA) is 94.6 Å². The molecule has 0 bridgehead atoms. The summed E-state index contributed by atoms with van der Waals surface area (Å²) >= 11 is 6.06. The van der Waals surface area contributed by atoms with E-state index in [0.717, 1.165) is 32.9 Å². The van der Waals surface area contributed by atoms with Crippen molar-refractivity contribution in [2.45, 2.75) is 13.5 Å². The molecule has 7 heteroatoms. The average molecular weight is 515 g/mol. The van der Waals surface area contributed by atoms with Crippen LogP contribution in [0.25, 0.3) is 32.9 Å². The lowest BCUT2D eigenvalue weighted by Gasteiger charge is -2.09. The first-order valence-electron chi connectivity index (χ1n) is 11.8. The maximum atomic E-state index is 12.1. The summed E-state index contributed by atoms with van der Waals surface area (Å²) in [6.45, 7) is 2.73. The van der Waals surface area contributed by atoms with Gasteiger partial charge < -0.3 is 20.1 Å². The van der Waals surface area contributed by atoms with Crippen molar-refractivity contribution in [3.05, 3.63) is 107 Å². The fraction of sp³-hybridized carbons (Fsp3) is 0.133. The first kappa shape index (κ1) is 25.9. The van der Waals surface area contributed by atoms with Gasteiger partial charge in [-0.2, -0.15) is 0 Å². The minimum Gasteiger partial charge on any atom is -0.480 e. The third-order valence-electron chi connectivity index (χ3n) is 5.95. The number of primary amides is 1. The summed E-state index contributed by atoms with van der Waals surface area (Å²) in [5.41, 5.74) is 11.7. The highest BCUT2D eigenvalue weighted by atomic mass is 35.5. The number of amides is 1. The summed E-state index contributed by atoms with van der Waals surface area (Å²) in [5.74, 6) is -1.33. The number of hydrogen-bond donors (Lipinski definition) is 2. The summed E-state index contributed by atoms with van der Waals surface area (Å²) in [4.78, 5) is 21.8. The monoisotopic (exact) mass is 514 g/mol. The van der Waals surface area contributed by atoms with Crippen LogP contribution in [0.2, 0.25) is 5.02 Å². The fourth-order valence-electron chi connectivity index (χ4n) is 4.30. The lowest BCUT2D eigenvalue weighted by molar-refractivity contribution is -0.142. The second-order valence-electron chi connectivity index (χ2n) is 8.41. The number of aromatic nitrogens is 1. The highest BCUT2D eigenvalue weighted by Crippen LogP contribution is 2.35. The van der Waals surface area contributed by atoms with Gasteiger partial charge in [-0.15, -0.1) is 0 Å². The van der Waals surface area contributed by atoms with Gasteiger partial charge in [0.25, 0.3) is 0 Å². The van der Waals surface area contributed by atoms with E-state index in [1.807, 2.05) is 54.6 Å². The average Bonchev–Trinajstić information content (AvgIpc) is 3.21. The van der Waals surface area contributed by atoms with Crippen molar-refractivity contribution in [2.24, 2.45) is 5.73 Å². The Morgan fingerprint density at radius 1 is 0.892 bits per heavy atom. The van der Waals surface area contributed by atoms with Crippen molar-refractivity contribution in [1.29, 1.82) is 0 Å². The first-order chi connectivity index (χ1) is 17.9. The van der Waals surface area contributed by atoms with Crippen LogP contribution in [0.1, 0.15) is 22.8 Å². The van der Waals surface area contributed by atoms with E-state index >= 15 is 0 Å². The molecule has 0 aliphatic rings. The zero-order valence-corrected chi connectivity index (χ0v) is 21.1. The molecule has 0 spiro atoms. The van der Waals surface area contributed by atoms with E-state index in [4.69, 9.17) is 22.4 Å². The van der Waals surface area contributed by atoms with E-state index in [-0.39, 0.29) is 6.61 Å². The third kappa shape index (κ3) is 6.00. The van der Waals surface area contributed by atoms with Crippen molar-refractivity contribution in [1.82, 2.24) is 4.57 Å². The minimum absolute atomic E-state index is 0.184. The van der Waals surface area contributed by atoms with Gasteiger partial charge in [0.05, 0.1) is 11.0 Å². The Hall–Kier alpha value is -4.13. The van der Waals surface area contributed by atoms with Crippen LogP contribution in [0.3, 0.4) is 0 Å². The van der Waals surface area contributed by atoms with Gasteiger partial charge in [0.1, 0.15) is 6.61 Å². The van der Waals surface area contributed by atoms with Crippen LogP contribution in [-0.2, 0) is 16.1 Å². The Morgan fingerprint density at radius 3 is 2.22 bits per heavy atom. The number of fused-ring (bicyclic) bond motifs is 3. The maximum absolute atomic E-state index is 12.1. The van der Waals surface area contributed by atoms with Gasteiger partial charge in [0.2, 0.25) is 5.91 Å². The minimum atomic E-state index is -0.915. The lowest BCUT2D eigenvalue weighted by Crippen LogP contribution is -2.11. The molecule has 6 nitrogen and oxygen atoms in total. The molecule has 1 amide bonds. The van der Waals surface area contributed by atoms with Gasteiger partial charge in [-0.05, 0) is 53.9 Å². The summed E-state index contributed by atoms with van der Waals surface area (Å²) in [6.07, 6.45) is 0. The smallest absolute Gasteiger partial charge is 0.329 e. The quantitative estimate of drug-likeness (QED) is 0.264. The lowest BCUT2D eigenvalue weighted by atomic mass is 10.0. The summed E-state index contributed by atoms with van der Waals surface area (Å²) in [5, 5.41) is 10.6. The van der Waals surface area contributed by atoms with E-state index in [9.17, 15) is 9.59 Å². The standard InChI is InChI=1S/C26H19ClN2O.C4H8O3/c27-20-12-9-18(10-13-20)19-11-14-21-24(15-19)29(16-17-5-2-1-3-6-17)23-8-4-7-22(25(21)23)26(28)30;1-2-7-3-4(5)6/h1-15H,16H2,(H2,28,30);2-3H2,1H3,(H,5,6). The van der Waals surface area contributed by atoms with Gasteiger partial charge in [-0.3, -0.25) is 4.79 Å². The van der Waals surface area contributed by atoms with Crippen molar-refractivity contribution in [3.8, 4) is 11.1 Å². The van der Waals surface area contributed by atoms with Crippen LogP contribution in [0.4, 0.5) is 0 Å². The SMILES string of the molecule is CCOCC(=O)O.NC(=O)c1cccc2c1c1ccc(-c3ccc(Cl)cc3)cc1n2Cc1ccccc1. The second kappa shape index (κ2) is 11.7. The Labute approximate surface area is 219 Å². The molecule has 0 unspecified atom stereocenters. The number of nitrogens with zero attached hydrogens (tertiary/aromatic N) is 1. The van der Waals surface area contributed by atoms with E-state index in [1.165, 1.54) is 5.56 Å². The molecule has 0 saturated carbocycles. The van der Waals surface area contributed by atoms with Crippen molar-refractivity contribution < 1.29 is 19.4 Å². The zero-order chi connectivity index (χ0) is 26.4. The van der Waals surface area contributed by atoms with Gasteiger partial charge in [0, 0.05) is 34.5 Å². The summed E-state index contributed by atoms with van der Waals surface area (Å²) in [6, 6.07) is 30.2. The number of carbonyl (C=O) groups excluding carboxylic acids is 1. The fourth-order valence-corrected chi connectivity index (χ4v) is 4.42. The molecule has 1 heterocycles. The van der Waals surface area contributed by atoms with Crippen molar-refractivity contribution in [3.63, 3.8) is 0 Å². The largest absolute Gasteiger partial charge is 0.480 e. The van der Waals surface area contributed by atoms with Gasteiger partial charge in [0.15, 0.2) is 0 Å². The van der Waals surface area contributed by atoms with Gasteiger partial charge in [-0.1, -0.05) is 72.3 Å². The van der Waals surface area contributed by atoms with Crippen LogP contribution in [0.15, 0.2) is 91.0 Å². The molecule has 3 N–H and O–H groups in total. The highest BCUT2D eigenvalue weighted by molar-refractivity contribution is 6.30. The van der Waals surface area contributed by atoms with Gasteiger partial charge in [-0.25, -0.2) is 4.79 Å². The van der Waals surface area contributed by atoms with Gasteiger partial charge >= 0.3 is 5.97 Å². The van der Waals surface area contributed by atoms with Crippen molar-refractivity contribution >= 4 is 45.3 Å². The van der Waals surface area contributed by atoms with Crippen LogP contribution in [-0.4, -0.2) is 34.8 Å². The number of carbonyl (C=O) groups is 2. The number of carboxylic acids is 1. The number of nitrogens with two attached hydrogens (primary N) is 1. The second-order valence-corrected chi connectivity index (χ2v) is 8.84. The molecular weight excluding hydrogens is 488 g/mol. The van der Waals surface area contributed by atoms with E-state index in [1.54, 1.807) is 13.0 Å². The number of ether oxygens (including phenoxy) is 1. The number of benzene rings is 4. The summed E-state index contributed by atoms with van der Waals surface area (Å²) in [7, 11) is 0. The number of carboxylic acid groups (broad SMARTS) is 1.